The molecule has 3 heterocycles. The van der Waals surface area contributed by atoms with E-state index in [1.54, 1.807) is 6.20 Å². The van der Waals surface area contributed by atoms with E-state index in [4.69, 9.17) is 5.26 Å². The molecule has 1 aliphatic heterocycles. The van der Waals surface area contributed by atoms with Gasteiger partial charge in [0.2, 0.25) is 0 Å². The highest BCUT2D eigenvalue weighted by Gasteiger charge is 2.24. The van der Waals surface area contributed by atoms with Crippen molar-refractivity contribution in [2.24, 2.45) is 0 Å². The molecule has 0 aliphatic carbocycles. The van der Waals surface area contributed by atoms with E-state index in [0.717, 1.165) is 55.4 Å². The molecule has 158 valence electrons. The van der Waals surface area contributed by atoms with Crippen LogP contribution in [-0.4, -0.2) is 51.4 Å². The number of carbonyl (C=O) groups excluding carboxylic acids is 1. The van der Waals surface area contributed by atoms with Gasteiger partial charge in [-0.3, -0.25) is 9.69 Å². The fraction of sp³-hybridized carbons (Fsp3) is 0.320. The van der Waals surface area contributed by atoms with Gasteiger partial charge in [0.15, 0.2) is 0 Å². The van der Waals surface area contributed by atoms with Gasteiger partial charge in [-0.1, -0.05) is 18.2 Å². The molecule has 6 nitrogen and oxygen atoms in total. The van der Waals surface area contributed by atoms with Crippen LogP contribution in [0.4, 0.5) is 0 Å². The van der Waals surface area contributed by atoms with Crippen LogP contribution in [0.25, 0.3) is 5.82 Å². The molecule has 1 saturated heterocycles. The number of aromatic nitrogens is 2. The van der Waals surface area contributed by atoms with E-state index in [0.29, 0.717) is 12.1 Å². The van der Waals surface area contributed by atoms with Crippen LogP contribution in [0.15, 0.2) is 54.7 Å². The highest BCUT2D eigenvalue weighted by atomic mass is 16.2. The fourth-order valence-electron chi connectivity index (χ4n) is 4.26. The van der Waals surface area contributed by atoms with Gasteiger partial charge in [-0.05, 0) is 56.2 Å². The number of rotatable bonds is 4. The average molecular weight is 414 g/mol. The van der Waals surface area contributed by atoms with Gasteiger partial charge in [0.25, 0.3) is 5.91 Å². The maximum Gasteiger partial charge on any atom is 0.255 e. The van der Waals surface area contributed by atoms with E-state index in [1.165, 1.54) is 5.56 Å². The lowest BCUT2D eigenvalue weighted by Gasteiger charge is -2.22. The largest absolute Gasteiger partial charge is 0.337 e. The third-order valence-corrected chi connectivity index (χ3v) is 5.90. The Morgan fingerprint density at radius 3 is 2.58 bits per heavy atom. The second-order valence-corrected chi connectivity index (χ2v) is 8.04. The van der Waals surface area contributed by atoms with Crippen molar-refractivity contribution in [2.45, 2.75) is 26.8 Å². The van der Waals surface area contributed by atoms with Crippen LogP contribution >= 0.6 is 0 Å². The van der Waals surface area contributed by atoms with E-state index in [2.05, 4.69) is 16.0 Å². The van der Waals surface area contributed by atoms with Gasteiger partial charge >= 0.3 is 0 Å². The molecule has 0 unspecified atom stereocenters. The Bertz CT molecular complexity index is 1100. The molecule has 0 bridgehead atoms. The molecular formula is C25H27N5O. The molecule has 0 radical (unpaired) electrons. The van der Waals surface area contributed by atoms with Gasteiger partial charge in [-0.15, -0.1) is 0 Å². The maximum atomic E-state index is 13.3. The summed E-state index contributed by atoms with van der Waals surface area (Å²) in [6.07, 6.45) is 2.72. The first-order chi connectivity index (χ1) is 15.1. The molecule has 2 aromatic heterocycles. The van der Waals surface area contributed by atoms with Crippen molar-refractivity contribution in [3.63, 3.8) is 0 Å². The summed E-state index contributed by atoms with van der Waals surface area (Å²) in [5, 5.41) is 8.96. The number of hydrogen-bond acceptors (Lipinski definition) is 4. The van der Waals surface area contributed by atoms with Crippen LogP contribution in [-0.2, 0) is 6.54 Å². The third kappa shape index (κ3) is 4.52. The first-order valence-corrected chi connectivity index (χ1v) is 10.7. The Morgan fingerprint density at radius 2 is 1.87 bits per heavy atom. The van der Waals surface area contributed by atoms with E-state index in [1.807, 2.05) is 71.8 Å². The van der Waals surface area contributed by atoms with Crippen LogP contribution < -0.4 is 0 Å². The lowest BCUT2D eigenvalue weighted by Crippen LogP contribution is -2.35. The van der Waals surface area contributed by atoms with E-state index < -0.39 is 0 Å². The molecule has 6 heteroatoms. The average Bonchev–Trinajstić information content (AvgIpc) is 2.94. The number of benzene rings is 1. The van der Waals surface area contributed by atoms with Crippen molar-refractivity contribution in [1.82, 2.24) is 19.4 Å². The van der Waals surface area contributed by atoms with Crippen LogP contribution in [0.3, 0.4) is 0 Å². The molecule has 0 atom stereocenters. The normalized spacial score (nSPS) is 14.8. The quantitative estimate of drug-likeness (QED) is 0.654. The molecule has 1 aromatic carbocycles. The highest BCUT2D eigenvalue weighted by Crippen LogP contribution is 2.22. The molecule has 0 saturated carbocycles. The fourth-order valence-corrected chi connectivity index (χ4v) is 4.26. The molecule has 31 heavy (non-hydrogen) atoms. The zero-order valence-corrected chi connectivity index (χ0v) is 18.1. The number of nitrogens with zero attached hydrogens (tertiary/aromatic N) is 5. The summed E-state index contributed by atoms with van der Waals surface area (Å²) in [5.74, 6) is 0.927. The van der Waals surface area contributed by atoms with Gasteiger partial charge in [0.05, 0.1) is 17.2 Å². The Morgan fingerprint density at radius 1 is 1.06 bits per heavy atom. The number of nitriles is 1. The summed E-state index contributed by atoms with van der Waals surface area (Å²) in [4.78, 5) is 22.2. The van der Waals surface area contributed by atoms with Crippen molar-refractivity contribution in [2.75, 3.05) is 26.2 Å². The van der Waals surface area contributed by atoms with E-state index in [9.17, 15) is 4.79 Å². The molecule has 3 aromatic rings. The molecule has 1 fully saturated rings. The SMILES string of the molecule is Cc1cc(C(=O)N2CCCN(Cc3ccc(C#N)cc3)CC2)c(C)n1-c1ccccn1. The summed E-state index contributed by atoms with van der Waals surface area (Å²) < 4.78 is 2.04. The van der Waals surface area contributed by atoms with E-state index >= 15 is 0 Å². The molecule has 0 N–H and O–H groups in total. The lowest BCUT2D eigenvalue weighted by molar-refractivity contribution is 0.0760. The van der Waals surface area contributed by atoms with Crippen molar-refractivity contribution < 1.29 is 4.79 Å². The van der Waals surface area contributed by atoms with Crippen LogP contribution in [0.2, 0.25) is 0 Å². The number of pyridine rings is 1. The minimum Gasteiger partial charge on any atom is -0.337 e. The topological polar surface area (TPSA) is 65.2 Å². The molecule has 1 aliphatic rings. The van der Waals surface area contributed by atoms with E-state index in [-0.39, 0.29) is 5.91 Å². The number of amides is 1. The standard InChI is InChI=1S/C25H27N5O/c1-19-16-23(20(2)30(19)24-6-3-4-11-27-24)25(31)29-13-5-12-28(14-15-29)18-22-9-7-21(17-26)8-10-22/h3-4,6-11,16H,5,12-15,18H2,1-2H3. The predicted octanol–water partition coefficient (Wildman–Crippen LogP) is 3.71. The summed E-state index contributed by atoms with van der Waals surface area (Å²) in [6, 6.07) is 17.7. The molecule has 1 amide bonds. The zero-order valence-electron chi connectivity index (χ0n) is 18.1. The van der Waals surface area contributed by atoms with Crippen molar-refractivity contribution >= 4 is 5.91 Å². The number of hydrogen-bond donors (Lipinski definition) is 0. The smallest absolute Gasteiger partial charge is 0.255 e. The van der Waals surface area contributed by atoms with Gasteiger partial charge < -0.3 is 9.47 Å². The molecule has 0 spiro atoms. The Hall–Kier alpha value is -3.43. The second-order valence-electron chi connectivity index (χ2n) is 8.04. The lowest BCUT2D eigenvalue weighted by atomic mass is 10.1. The summed E-state index contributed by atoms with van der Waals surface area (Å²) in [5.41, 5.74) is 4.57. The number of aryl methyl sites for hydroxylation is 1. The summed E-state index contributed by atoms with van der Waals surface area (Å²) in [6.45, 7) is 8.10. The first kappa shape index (κ1) is 20.8. The number of carbonyl (C=O) groups is 1. The Labute approximate surface area is 183 Å². The second kappa shape index (κ2) is 9.15. The van der Waals surface area contributed by atoms with Crippen LogP contribution in [0.1, 0.15) is 39.3 Å². The van der Waals surface area contributed by atoms with Crippen molar-refractivity contribution in [3.05, 3.63) is 82.8 Å². The van der Waals surface area contributed by atoms with Gasteiger partial charge in [0.1, 0.15) is 5.82 Å². The van der Waals surface area contributed by atoms with Crippen LogP contribution in [0, 0.1) is 25.2 Å². The summed E-state index contributed by atoms with van der Waals surface area (Å²) >= 11 is 0. The first-order valence-electron chi connectivity index (χ1n) is 10.7. The minimum absolute atomic E-state index is 0.0931. The minimum atomic E-state index is 0.0931. The third-order valence-electron chi connectivity index (χ3n) is 5.90. The zero-order chi connectivity index (χ0) is 21.8. The highest BCUT2D eigenvalue weighted by molar-refractivity contribution is 5.96. The molecular weight excluding hydrogens is 386 g/mol. The van der Waals surface area contributed by atoms with Crippen molar-refractivity contribution in [1.29, 1.82) is 5.26 Å². The van der Waals surface area contributed by atoms with Gasteiger partial charge in [0, 0.05) is 50.3 Å². The summed E-state index contributed by atoms with van der Waals surface area (Å²) in [7, 11) is 0. The van der Waals surface area contributed by atoms with Gasteiger partial charge in [-0.2, -0.15) is 5.26 Å². The van der Waals surface area contributed by atoms with Gasteiger partial charge in [-0.25, -0.2) is 4.98 Å². The molecule has 4 rings (SSSR count). The van der Waals surface area contributed by atoms with Crippen LogP contribution in [0.5, 0.6) is 0 Å². The maximum absolute atomic E-state index is 13.3. The Balaban J connectivity index is 1.45. The monoisotopic (exact) mass is 413 g/mol. The predicted molar refractivity (Wildman–Crippen MR) is 120 cm³/mol. The Kier molecular flexibility index (Phi) is 6.15. The van der Waals surface area contributed by atoms with Crippen molar-refractivity contribution in [3.8, 4) is 11.9 Å².